The second-order valence-corrected chi connectivity index (χ2v) is 6.22. The van der Waals surface area contributed by atoms with Crippen molar-refractivity contribution in [2.75, 3.05) is 11.9 Å². The number of aliphatic hydroxyl groups is 1. The molecular weight excluding hydrogens is 240 g/mol. The van der Waals surface area contributed by atoms with Crippen LogP contribution in [0.4, 0.5) is 10.5 Å². The van der Waals surface area contributed by atoms with Gasteiger partial charge in [-0.05, 0) is 45.4 Å². The molecule has 2 amide bonds. The number of amides is 2. The normalized spacial score (nSPS) is 26.7. The standard InChI is InChI=1S/C15H22N2O2/c1-11-7-6-8-12(9-11)17-13(18)16(5)14(2,3)10-15(17,4)19/h6-9,19H,10H2,1-5H3/t15-/m0/s1. The van der Waals surface area contributed by atoms with Crippen LogP contribution in [0.3, 0.4) is 0 Å². The number of hydrogen-bond acceptors (Lipinski definition) is 2. The summed E-state index contributed by atoms with van der Waals surface area (Å²) in [5, 5.41) is 10.7. The molecule has 1 atom stereocenters. The molecular formula is C15H22N2O2. The minimum atomic E-state index is -1.18. The highest BCUT2D eigenvalue weighted by atomic mass is 16.3. The van der Waals surface area contributed by atoms with Crippen LogP contribution >= 0.6 is 0 Å². The predicted octanol–water partition coefficient (Wildman–Crippen LogP) is 2.74. The van der Waals surface area contributed by atoms with Gasteiger partial charge in [-0.3, -0.25) is 4.90 Å². The van der Waals surface area contributed by atoms with Gasteiger partial charge in [-0.15, -0.1) is 0 Å². The van der Waals surface area contributed by atoms with Gasteiger partial charge in [-0.25, -0.2) is 4.79 Å². The maximum Gasteiger partial charge on any atom is 0.327 e. The number of hydrogen-bond donors (Lipinski definition) is 1. The number of nitrogens with zero attached hydrogens (tertiary/aromatic N) is 2. The van der Waals surface area contributed by atoms with E-state index in [1.807, 2.05) is 45.0 Å². The Bertz CT molecular complexity index is 509. The lowest BCUT2D eigenvalue weighted by molar-refractivity contribution is -0.0182. The van der Waals surface area contributed by atoms with Crippen molar-refractivity contribution in [3.8, 4) is 0 Å². The maximum absolute atomic E-state index is 12.6. The van der Waals surface area contributed by atoms with Crippen molar-refractivity contribution < 1.29 is 9.90 Å². The second kappa shape index (κ2) is 4.23. The minimum Gasteiger partial charge on any atom is -0.371 e. The van der Waals surface area contributed by atoms with Gasteiger partial charge in [0.05, 0.1) is 0 Å². The Morgan fingerprint density at radius 3 is 2.47 bits per heavy atom. The van der Waals surface area contributed by atoms with Gasteiger partial charge in [0.2, 0.25) is 0 Å². The molecule has 1 saturated heterocycles. The van der Waals surface area contributed by atoms with E-state index >= 15 is 0 Å². The van der Waals surface area contributed by atoms with Crippen LogP contribution in [-0.2, 0) is 0 Å². The smallest absolute Gasteiger partial charge is 0.327 e. The Hall–Kier alpha value is -1.55. The Kier molecular flexibility index (Phi) is 3.09. The van der Waals surface area contributed by atoms with E-state index in [2.05, 4.69) is 0 Å². The molecule has 4 nitrogen and oxygen atoms in total. The van der Waals surface area contributed by atoms with E-state index in [1.165, 1.54) is 4.90 Å². The van der Waals surface area contributed by atoms with Crippen LogP contribution < -0.4 is 4.90 Å². The molecule has 0 bridgehead atoms. The van der Waals surface area contributed by atoms with E-state index in [4.69, 9.17) is 0 Å². The molecule has 104 valence electrons. The third-order valence-electron chi connectivity index (χ3n) is 3.90. The van der Waals surface area contributed by atoms with Crippen molar-refractivity contribution in [2.24, 2.45) is 0 Å². The summed E-state index contributed by atoms with van der Waals surface area (Å²) in [4.78, 5) is 15.7. The molecule has 1 aliphatic heterocycles. The van der Waals surface area contributed by atoms with Gasteiger partial charge in [0.25, 0.3) is 0 Å². The van der Waals surface area contributed by atoms with E-state index in [0.717, 1.165) is 11.3 Å². The number of benzene rings is 1. The molecule has 1 aliphatic rings. The van der Waals surface area contributed by atoms with Gasteiger partial charge in [-0.1, -0.05) is 12.1 Å². The molecule has 19 heavy (non-hydrogen) atoms. The monoisotopic (exact) mass is 262 g/mol. The first-order chi connectivity index (χ1) is 8.65. The van der Waals surface area contributed by atoms with Crippen LogP contribution in [0.1, 0.15) is 32.8 Å². The molecule has 1 fully saturated rings. The molecule has 0 unspecified atom stereocenters. The molecule has 1 aromatic rings. The molecule has 0 saturated carbocycles. The van der Waals surface area contributed by atoms with E-state index in [0.29, 0.717) is 6.42 Å². The van der Waals surface area contributed by atoms with Crippen LogP contribution in [0.2, 0.25) is 0 Å². The molecule has 4 heteroatoms. The number of rotatable bonds is 1. The summed E-state index contributed by atoms with van der Waals surface area (Å²) in [6.45, 7) is 7.60. The lowest BCUT2D eigenvalue weighted by Crippen LogP contribution is -2.67. The van der Waals surface area contributed by atoms with Crippen molar-refractivity contribution >= 4 is 11.7 Å². The average molecular weight is 262 g/mol. The predicted molar refractivity (Wildman–Crippen MR) is 76.1 cm³/mol. The molecule has 0 spiro atoms. The zero-order valence-electron chi connectivity index (χ0n) is 12.3. The molecule has 1 heterocycles. The summed E-state index contributed by atoms with van der Waals surface area (Å²) < 4.78 is 0. The highest BCUT2D eigenvalue weighted by Gasteiger charge is 2.48. The summed E-state index contributed by atoms with van der Waals surface area (Å²) in [6.07, 6.45) is 0.496. The number of urea groups is 1. The molecule has 0 aromatic heterocycles. The average Bonchev–Trinajstić information content (AvgIpc) is 2.24. The minimum absolute atomic E-state index is 0.174. The zero-order chi connectivity index (χ0) is 14.4. The van der Waals surface area contributed by atoms with Gasteiger partial charge in [-0.2, -0.15) is 0 Å². The SMILES string of the molecule is Cc1cccc(N2C(=O)N(C)C(C)(C)C[C@]2(C)O)c1. The summed E-state index contributed by atoms with van der Waals surface area (Å²) in [5.74, 6) is 0. The highest BCUT2D eigenvalue weighted by Crippen LogP contribution is 2.37. The molecule has 1 N–H and O–H groups in total. The van der Waals surface area contributed by atoms with Crippen LogP contribution in [0.15, 0.2) is 24.3 Å². The van der Waals surface area contributed by atoms with Crippen molar-refractivity contribution in [1.82, 2.24) is 4.90 Å². The fraction of sp³-hybridized carbons (Fsp3) is 0.533. The maximum atomic E-state index is 12.6. The van der Waals surface area contributed by atoms with Crippen molar-refractivity contribution in [2.45, 2.75) is 45.4 Å². The first-order valence-electron chi connectivity index (χ1n) is 6.52. The van der Waals surface area contributed by atoms with Crippen LogP contribution in [-0.4, -0.2) is 34.3 Å². The number of carbonyl (C=O) groups excluding carboxylic acids is 1. The van der Waals surface area contributed by atoms with Crippen LogP contribution in [0, 0.1) is 6.92 Å². The lowest BCUT2D eigenvalue weighted by atomic mass is 9.88. The Morgan fingerprint density at radius 2 is 1.89 bits per heavy atom. The van der Waals surface area contributed by atoms with Gasteiger partial charge >= 0.3 is 6.03 Å². The van der Waals surface area contributed by atoms with E-state index in [1.54, 1.807) is 18.9 Å². The highest BCUT2D eigenvalue weighted by molar-refractivity contribution is 5.94. The van der Waals surface area contributed by atoms with E-state index < -0.39 is 5.72 Å². The Balaban J connectivity index is 2.47. The summed E-state index contributed by atoms with van der Waals surface area (Å²) in [6, 6.07) is 7.46. The van der Waals surface area contributed by atoms with Gasteiger partial charge in [0, 0.05) is 24.7 Å². The van der Waals surface area contributed by atoms with Crippen molar-refractivity contribution in [3.63, 3.8) is 0 Å². The van der Waals surface area contributed by atoms with E-state index in [9.17, 15) is 9.90 Å². The Morgan fingerprint density at radius 1 is 1.26 bits per heavy atom. The molecule has 0 radical (unpaired) electrons. The summed E-state index contributed by atoms with van der Waals surface area (Å²) in [7, 11) is 1.78. The van der Waals surface area contributed by atoms with Gasteiger partial charge < -0.3 is 10.0 Å². The van der Waals surface area contributed by atoms with Crippen LogP contribution in [0.5, 0.6) is 0 Å². The van der Waals surface area contributed by atoms with Gasteiger partial charge in [0.15, 0.2) is 0 Å². The molecule has 0 aliphatic carbocycles. The lowest BCUT2D eigenvalue weighted by Gasteiger charge is -2.52. The van der Waals surface area contributed by atoms with Crippen molar-refractivity contribution in [3.05, 3.63) is 29.8 Å². The zero-order valence-corrected chi connectivity index (χ0v) is 12.3. The number of anilines is 1. The molecule has 1 aromatic carbocycles. The first kappa shape index (κ1) is 13.9. The summed E-state index contributed by atoms with van der Waals surface area (Å²) >= 11 is 0. The quantitative estimate of drug-likeness (QED) is 0.845. The van der Waals surface area contributed by atoms with Crippen molar-refractivity contribution in [1.29, 1.82) is 0 Å². The fourth-order valence-electron chi connectivity index (χ4n) is 2.79. The molecule has 2 rings (SSSR count). The van der Waals surface area contributed by atoms with Crippen LogP contribution in [0.25, 0.3) is 0 Å². The summed E-state index contributed by atoms with van der Waals surface area (Å²) in [5.41, 5.74) is 0.257. The second-order valence-electron chi connectivity index (χ2n) is 6.22. The Labute approximate surface area is 114 Å². The van der Waals surface area contributed by atoms with Gasteiger partial charge in [0.1, 0.15) is 5.72 Å². The fourth-order valence-corrected chi connectivity index (χ4v) is 2.79. The number of carbonyl (C=O) groups is 1. The topological polar surface area (TPSA) is 43.8 Å². The van der Waals surface area contributed by atoms with E-state index in [-0.39, 0.29) is 11.6 Å². The largest absolute Gasteiger partial charge is 0.371 e. The third-order valence-corrected chi connectivity index (χ3v) is 3.90. The number of aryl methyl sites for hydroxylation is 1. The third kappa shape index (κ3) is 2.32. The first-order valence-corrected chi connectivity index (χ1v) is 6.52.